The van der Waals surface area contributed by atoms with E-state index in [1.807, 2.05) is 0 Å². The van der Waals surface area contributed by atoms with Crippen LogP contribution in [0.1, 0.15) is 18.4 Å². The summed E-state index contributed by atoms with van der Waals surface area (Å²) in [6.07, 6.45) is 5.94. The Hall–Kier alpha value is -2.17. The summed E-state index contributed by atoms with van der Waals surface area (Å²) in [6, 6.07) is 2.67. The number of nitrogens with zero attached hydrogens (tertiary/aromatic N) is 2. The Labute approximate surface area is 112 Å². The molecule has 0 unspecified atom stereocenters. The maximum atomic E-state index is 11.8. The van der Waals surface area contributed by atoms with Crippen molar-refractivity contribution < 1.29 is 14.7 Å². The van der Waals surface area contributed by atoms with Gasteiger partial charge >= 0.3 is 5.97 Å². The van der Waals surface area contributed by atoms with Gasteiger partial charge in [-0.25, -0.2) is 4.79 Å². The van der Waals surface area contributed by atoms with Crippen molar-refractivity contribution in [1.82, 2.24) is 9.88 Å². The number of allylic oxidation sites excluding steroid dienone is 1. The predicted molar refractivity (Wildman–Crippen MR) is 71.6 cm³/mol. The van der Waals surface area contributed by atoms with Gasteiger partial charge < -0.3 is 10.0 Å². The fourth-order valence-electron chi connectivity index (χ4n) is 1.71. The lowest BCUT2D eigenvalue weighted by Gasteiger charge is -2.24. The second-order valence-corrected chi connectivity index (χ2v) is 4.25. The van der Waals surface area contributed by atoms with Crippen LogP contribution in [0.15, 0.2) is 37.2 Å². The third-order valence-corrected chi connectivity index (χ3v) is 2.86. The number of carboxylic acids is 1. The smallest absolute Gasteiger partial charge is 0.326 e. The van der Waals surface area contributed by atoms with Crippen molar-refractivity contribution in [3.8, 4) is 0 Å². The first-order valence-electron chi connectivity index (χ1n) is 6.04. The summed E-state index contributed by atoms with van der Waals surface area (Å²) in [5, 5.41) is 9.24. The molecule has 5 nitrogen and oxygen atoms in total. The molecule has 0 aromatic carbocycles. The molecule has 0 aliphatic carbocycles. The van der Waals surface area contributed by atoms with Crippen molar-refractivity contribution in [2.24, 2.45) is 0 Å². The van der Waals surface area contributed by atoms with Crippen LogP contribution in [0.4, 0.5) is 0 Å². The molecule has 1 N–H and O–H groups in total. The zero-order chi connectivity index (χ0) is 14.3. The number of likely N-dealkylation sites (N-methyl/N-ethyl adjacent to an activating group) is 1. The van der Waals surface area contributed by atoms with Crippen molar-refractivity contribution >= 4 is 11.9 Å². The second-order valence-electron chi connectivity index (χ2n) is 4.25. The van der Waals surface area contributed by atoms with Gasteiger partial charge in [-0.15, -0.1) is 6.58 Å². The van der Waals surface area contributed by atoms with Crippen LogP contribution in [0, 0.1) is 0 Å². The number of amides is 1. The van der Waals surface area contributed by atoms with Gasteiger partial charge in [0, 0.05) is 32.3 Å². The Bertz CT molecular complexity index is 445. The second kappa shape index (κ2) is 7.31. The fraction of sp³-hybridized carbons (Fsp3) is 0.357. The summed E-state index contributed by atoms with van der Waals surface area (Å²) in [7, 11) is 1.51. The summed E-state index contributed by atoms with van der Waals surface area (Å²) in [5.41, 5.74) is 0.790. The van der Waals surface area contributed by atoms with Crippen LogP contribution in [-0.2, 0) is 16.0 Å². The van der Waals surface area contributed by atoms with E-state index in [1.54, 1.807) is 30.6 Å². The topological polar surface area (TPSA) is 70.5 Å². The van der Waals surface area contributed by atoms with Gasteiger partial charge in [-0.05, 0) is 18.1 Å². The predicted octanol–water partition coefficient (Wildman–Crippen LogP) is 1.50. The van der Waals surface area contributed by atoms with Crippen molar-refractivity contribution in [2.45, 2.75) is 25.3 Å². The molecule has 102 valence electrons. The van der Waals surface area contributed by atoms with Crippen LogP contribution < -0.4 is 0 Å². The van der Waals surface area contributed by atoms with E-state index in [0.29, 0.717) is 6.42 Å². The normalized spacial score (nSPS) is 11.6. The standard InChI is InChI=1S/C14H18N2O3/c1-3-4-7-13(17)16(2)12(14(18)19)9-11-6-5-8-15-10-11/h3,5-6,8,10,12H,1,4,7,9H2,2H3,(H,18,19)/t12-/m0/s1. The van der Waals surface area contributed by atoms with Crippen LogP contribution in [0.2, 0.25) is 0 Å². The summed E-state index contributed by atoms with van der Waals surface area (Å²) in [6.45, 7) is 3.54. The minimum Gasteiger partial charge on any atom is -0.480 e. The molecule has 0 bridgehead atoms. The summed E-state index contributed by atoms with van der Waals surface area (Å²) < 4.78 is 0. The maximum Gasteiger partial charge on any atom is 0.326 e. The third-order valence-electron chi connectivity index (χ3n) is 2.86. The van der Waals surface area contributed by atoms with Crippen molar-refractivity contribution in [1.29, 1.82) is 0 Å². The number of carbonyl (C=O) groups is 2. The highest BCUT2D eigenvalue weighted by atomic mass is 16.4. The third kappa shape index (κ3) is 4.54. The van der Waals surface area contributed by atoms with Crippen LogP contribution in [0.3, 0.4) is 0 Å². The lowest BCUT2D eigenvalue weighted by molar-refractivity contribution is -0.149. The van der Waals surface area contributed by atoms with Gasteiger partial charge in [-0.3, -0.25) is 9.78 Å². The minimum atomic E-state index is -1.02. The molecule has 19 heavy (non-hydrogen) atoms. The Balaban J connectivity index is 2.74. The van der Waals surface area contributed by atoms with Gasteiger partial charge in [-0.1, -0.05) is 12.1 Å². The first-order valence-corrected chi connectivity index (χ1v) is 6.04. The molecule has 1 rings (SSSR count). The summed E-state index contributed by atoms with van der Waals surface area (Å²) in [5.74, 6) is -1.21. The van der Waals surface area contributed by atoms with Crippen LogP contribution >= 0.6 is 0 Å². The zero-order valence-corrected chi connectivity index (χ0v) is 11.0. The molecule has 0 aliphatic rings. The average molecular weight is 262 g/mol. The van der Waals surface area contributed by atoms with E-state index in [9.17, 15) is 14.7 Å². The Morgan fingerprint density at radius 1 is 1.58 bits per heavy atom. The van der Waals surface area contributed by atoms with E-state index < -0.39 is 12.0 Å². The lowest BCUT2D eigenvalue weighted by atomic mass is 10.1. The van der Waals surface area contributed by atoms with Gasteiger partial charge in [0.1, 0.15) is 6.04 Å². The molecule has 0 aliphatic heterocycles. The molecule has 1 aromatic rings. The number of hydrogen-bond acceptors (Lipinski definition) is 3. The molecule has 1 amide bonds. The van der Waals surface area contributed by atoms with E-state index in [0.717, 1.165) is 5.56 Å². The number of pyridine rings is 1. The van der Waals surface area contributed by atoms with Crippen molar-refractivity contribution in [3.05, 3.63) is 42.7 Å². The first-order chi connectivity index (χ1) is 9.06. The largest absolute Gasteiger partial charge is 0.480 e. The van der Waals surface area contributed by atoms with Gasteiger partial charge in [-0.2, -0.15) is 0 Å². The Kier molecular flexibility index (Phi) is 5.73. The van der Waals surface area contributed by atoms with Crippen LogP contribution in [0.25, 0.3) is 0 Å². The van der Waals surface area contributed by atoms with E-state index in [1.165, 1.54) is 11.9 Å². The van der Waals surface area contributed by atoms with Crippen molar-refractivity contribution in [2.75, 3.05) is 7.05 Å². The summed E-state index contributed by atoms with van der Waals surface area (Å²) >= 11 is 0. The van der Waals surface area contributed by atoms with Crippen molar-refractivity contribution in [3.63, 3.8) is 0 Å². The Morgan fingerprint density at radius 2 is 2.32 bits per heavy atom. The molecular weight excluding hydrogens is 244 g/mol. The van der Waals surface area contributed by atoms with Crippen LogP contribution in [-0.4, -0.2) is 40.0 Å². The molecule has 5 heteroatoms. The molecule has 0 saturated heterocycles. The van der Waals surface area contributed by atoms with E-state index in [4.69, 9.17) is 0 Å². The van der Waals surface area contributed by atoms with Crippen LogP contribution in [0.5, 0.6) is 0 Å². The molecule has 0 fully saturated rings. The highest BCUT2D eigenvalue weighted by Gasteiger charge is 2.26. The minimum absolute atomic E-state index is 0.198. The molecule has 0 saturated carbocycles. The molecule has 1 heterocycles. The molecule has 1 aromatic heterocycles. The molecule has 0 radical (unpaired) electrons. The zero-order valence-electron chi connectivity index (χ0n) is 11.0. The number of rotatable bonds is 7. The van der Waals surface area contributed by atoms with Gasteiger partial charge in [0.15, 0.2) is 0 Å². The van der Waals surface area contributed by atoms with E-state index >= 15 is 0 Å². The Morgan fingerprint density at radius 3 is 2.84 bits per heavy atom. The average Bonchev–Trinajstić information content (AvgIpc) is 2.42. The first kappa shape index (κ1) is 14.9. The highest BCUT2D eigenvalue weighted by Crippen LogP contribution is 2.09. The fourth-order valence-corrected chi connectivity index (χ4v) is 1.71. The number of carbonyl (C=O) groups excluding carboxylic acids is 1. The monoisotopic (exact) mass is 262 g/mol. The molecule has 1 atom stereocenters. The number of carboxylic acid groups (broad SMARTS) is 1. The van der Waals surface area contributed by atoms with Gasteiger partial charge in [0.05, 0.1) is 0 Å². The van der Waals surface area contributed by atoms with Gasteiger partial charge in [0.2, 0.25) is 5.91 Å². The SMILES string of the molecule is C=CCCC(=O)N(C)[C@@H](Cc1cccnc1)C(=O)O. The highest BCUT2D eigenvalue weighted by molar-refractivity contribution is 5.83. The number of hydrogen-bond donors (Lipinski definition) is 1. The number of aliphatic carboxylic acids is 1. The molecule has 0 spiro atoms. The lowest BCUT2D eigenvalue weighted by Crippen LogP contribution is -2.43. The molecular formula is C14H18N2O3. The maximum absolute atomic E-state index is 11.8. The summed E-state index contributed by atoms with van der Waals surface area (Å²) in [4.78, 5) is 28.3. The van der Waals surface area contributed by atoms with Gasteiger partial charge in [0.25, 0.3) is 0 Å². The van der Waals surface area contributed by atoms with E-state index in [-0.39, 0.29) is 18.7 Å². The van der Waals surface area contributed by atoms with E-state index in [2.05, 4.69) is 11.6 Å². The number of aromatic nitrogens is 1. The quantitative estimate of drug-likeness (QED) is 0.756.